The monoisotopic (exact) mass is 165 g/mol. The van der Waals surface area contributed by atoms with Crippen molar-refractivity contribution in [3.63, 3.8) is 0 Å². The predicted molar refractivity (Wildman–Crippen MR) is 45.0 cm³/mol. The molecule has 0 atom stereocenters. The second kappa shape index (κ2) is 2.71. The van der Waals surface area contributed by atoms with Gasteiger partial charge in [-0.25, -0.2) is 4.79 Å². The molecule has 12 heavy (non-hydrogen) atoms. The Morgan fingerprint density at radius 3 is 3.17 bits per heavy atom. The number of aryl methyl sites for hydroxylation is 1. The van der Waals surface area contributed by atoms with Gasteiger partial charge >= 0.3 is 5.69 Å². The lowest BCUT2D eigenvalue weighted by Crippen LogP contribution is -2.29. The molecule has 2 N–H and O–H groups in total. The Morgan fingerprint density at radius 2 is 2.33 bits per heavy atom. The molecule has 4 heteroatoms. The largest absolute Gasteiger partial charge is 0.345 e. The van der Waals surface area contributed by atoms with Crippen molar-refractivity contribution in [2.45, 2.75) is 19.9 Å². The van der Waals surface area contributed by atoms with Gasteiger partial charge in [-0.3, -0.25) is 0 Å². The maximum Gasteiger partial charge on any atom is 0.345 e. The Morgan fingerprint density at radius 1 is 1.50 bits per heavy atom. The maximum atomic E-state index is 11.0. The van der Waals surface area contributed by atoms with E-state index in [9.17, 15) is 4.79 Å². The molecule has 0 spiro atoms. The summed E-state index contributed by atoms with van der Waals surface area (Å²) in [6.07, 6.45) is 0.861. The number of nitrogens with one attached hydrogen (secondary N) is 2. The van der Waals surface area contributed by atoms with E-state index in [0.29, 0.717) is 0 Å². The molecule has 1 aromatic heterocycles. The van der Waals surface area contributed by atoms with Crippen LogP contribution in [0.1, 0.15) is 17.0 Å². The van der Waals surface area contributed by atoms with Crippen LogP contribution in [-0.4, -0.2) is 16.5 Å². The highest BCUT2D eigenvalue weighted by molar-refractivity contribution is 5.25. The lowest BCUT2D eigenvalue weighted by atomic mass is 10.1. The number of nitrogens with zero attached hydrogens (tertiary/aromatic N) is 1. The van der Waals surface area contributed by atoms with E-state index >= 15 is 0 Å². The first-order valence-electron chi connectivity index (χ1n) is 4.07. The third kappa shape index (κ3) is 1.14. The summed E-state index contributed by atoms with van der Waals surface area (Å²) >= 11 is 0. The van der Waals surface area contributed by atoms with Crippen molar-refractivity contribution >= 4 is 0 Å². The number of aromatic amines is 1. The smallest absolute Gasteiger partial charge is 0.312 e. The Kier molecular flexibility index (Phi) is 1.69. The van der Waals surface area contributed by atoms with E-state index in [1.807, 2.05) is 6.92 Å². The Labute approximate surface area is 70.0 Å². The van der Waals surface area contributed by atoms with Gasteiger partial charge in [-0.15, -0.1) is 0 Å². The molecule has 1 aliphatic heterocycles. The van der Waals surface area contributed by atoms with Gasteiger partial charge in [-0.05, 0) is 6.92 Å². The summed E-state index contributed by atoms with van der Waals surface area (Å²) in [5.41, 5.74) is 2.82. The van der Waals surface area contributed by atoms with Gasteiger partial charge in [0, 0.05) is 30.8 Å². The molecule has 2 rings (SSSR count). The molecule has 0 bridgehead atoms. The molecule has 0 unspecified atom stereocenters. The summed E-state index contributed by atoms with van der Waals surface area (Å²) in [5, 5.41) is 3.24. The summed E-state index contributed by atoms with van der Waals surface area (Å²) < 4.78 is 0. The fraction of sp³-hybridized carbons (Fsp3) is 0.500. The molecular weight excluding hydrogens is 154 g/mol. The summed E-state index contributed by atoms with van der Waals surface area (Å²) in [6, 6.07) is 0. The van der Waals surface area contributed by atoms with E-state index in [-0.39, 0.29) is 5.69 Å². The number of H-pyrrole nitrogens is 1. The first kappa shape index (κ1) is 7.49. The first-order chi connectivity index (χ1) is 5.77. The normalized spacial score (nSPS) is 15.8. The number of aromatic nitrogens is 2. The number of fused-ring (bicyclic) bond motifs is 1. The van der Waals surface area contributed by atoms with Crippen molar-refractivity contribution in [1.82, 2.24) is 15.3 Å². The molecular formula is C8H11N3O. The van der Waals surface area contributed by atoms with Crippen LogP contribution >= 0.6 is 0 Å². The average Bonchev–Trinajstić information content (AvgIpc) is 2.04. The van der Waals surface area contributed by atoms with Crippen molar-refractivity contribution in [2.24, 2.45) is 0 Å². The molecule has 0 saturated heterocycles. The fourth-order valence-corrected chi connectivity index (χ4v) is 1.53. The third-order valence-electron chi connectivity index (χ3n) is 2.17. The molecule has 0 aromatic carbocycles. The van der Waals surface area contributed by atoms with Gasteiger partial charge in [-0.1, -0.05) is 0 Å². The van der Waals surface area contributed by atoms with E-state index < -0.39 is 0 Å². The zero-order chi connectivity index (χ0) is 8.55. The van der Waals surface area contributed by atoms with Gasteiger partial charge in [0.25, 0.3) is 0 Å². The lowest BCUT2D eigenvalue weighted by molar-refractivity contribution is 0.617. The number of hydrogen-bond acceptors (Lipinski definition) is 3. The van der Waals surface area contributed by atoms with E-state index in [2.05, 4.69) is 15.3 Å². The van der Waals surface area contributed by atoms with Crippen LogP contribution < -0.4 is 11.0 Å². The molecule has 0 fully saturated rings. The highest BCUT2D eigenvalue weighted by Crippen LogP contribution is 2.10. The molecule has 0 amide bonds. The van der Waals surface area contributed by atoms with Crippen molar-refractivity contribution < 1.29 is 0 Å². The topological polar surface area (TPSA) is 57.8 Å². The van der Waals surface area contributed by atoms with E-state index in [1.165, 1.54) is 0 Å². The summed E-state index contributed by atoms with van der Waals surface area (Å²) in [4.78, 5) is 17.6. The Balaban J connectivity index is 2.60. The highest BCUT2D eigenvalue weighted by atomic mass is 16.1. The van der Waals surface area contributed by atoms with Gasteiger partial charge in [0.2, 0.25) is 0 Å². The molecule has 4 nitrogen and oxygen atoms in total. The van der Waals surface area contributed by atoms with Gasteiger partial charge < -0.3 is 10.3 Å². The summed E-state index contributed by atoms with van der Waals surface area (Å²) in [6.45, 7) is 3.66. The first-order valence-corrected chi connectivity index (χ1v) is 4.07. The lowest BCUT2D eigenvalue weighted by Gasteiger charge is -2.16. The van der Waals surface area contributed by atoms with E-state index in [1.54, 1.807) is 0 Å². The Bertz CT molecular complexity index is 356. The van der Waals surface area contributed by atoms with Crippen molar-refractivity contribution in [3.8, 4) is 0 Å². The van der Waals surface area contributed by atoms with Crippen LogP contribution in [-0.2, 0) is 13.0 Å². The van der Waals surface area contributed by atoms with Gasteiger partial charge in [0.05, 0.1) is 5.69 Å². The van der Waals surface area contributed by atoms with Crippen LogP contribution in [0.4, 0.5) is 0 Å². The van der Waals surface area contributed by atoms with Crippen molar-refractivity contribution in [3.05, 3.63) is 27.4 Å². The molecule has 64 valence electrons. The Hall–Kier alpha value is -1.16. The number of hydrogen-bond donors (Lipinski definition) is 2. The van der Waals surface area contributed by atoms with Gasteiger partial charge in [-0.2, -0.15) is 4.98 Å². The molecule has 2 heterocycles. The number of rotatable bonds is 0. The molecule has 0 saturated carbocycles. The van der Waals surface area contributed by atoms with Crippen LogP contribution in [0.3, 0.4) is 0 Å². The second-order valence-corrected chi connectivity index (χ2v) is 3.02. The maximum absolute atomic E-state index is 11.0. The second-order valence-electron chi connectivity index (χ2n) is 3.02. The van der Waals surface area contributed by atoms with Crippen LogP contribution in [0, 0.1) is 6.92 Å². The third-order valence-corrected chi connectivity index (χ3v) is 2.17. The average molecular weight is 165 g/mol. The van der Waals surface area contributed by atoms with Crippen molar-refractivity contribution in [2.75, 3.05) is 6.54 Å². The fourth-order valence-electron chi connectivity index (χ4n) is 1.53. The van der Waals surface area contributed by atoms with Crippen LogP contribution in [0.5, 0.6) is 0 Å². The van der Waals surface area contributed by atoms with Crippen LogP contribution in [0.25, 0.3) is 0 Å². The highest BCUT2D eigenvalue weighted by Gasteiger charge is 2.12. The molecule has 1 aliphatic rings. The quantitative estimate of drug-likeness (QED) is 0.556. The zero-order valence-corrected chi connectivity index (χ0v) is 6.98. The van der Waals surface area contributed by atoms with Crippen molar-refractivity contribution in [1.29, 1.82) is 0 Å². The molecule has 1 aromatic rings. The molecule has 0 aliphatic carbocycles. The minimum absolute atomic E-state index is 0.229. The zero-order valence-electron chi connectivity index (χ0n) is 6.98. The van der Waals surface area contributed by atoms with Gasteiger partial charge in [0.15, 0.2) is 0 Å². The standard InChI is InChI=1S/C8H11N3O/c1-5-6-4-9-3-2-7(6)11-8(12)10-5/h9H,2-4H2,1H3,(H,10,11,12). The van der Waals surface area contributed by atoms with Crippen LogP contribution in [0.2, 0.25) is 0 Å². The van der Waals surface area contributed by atoms with Crippen LogP contribution in [0.15, 0.2) is 4.79 Å². The summed E-state index contributed by atoms with van der Waals surface area (Å²) in [5.74, 6) is 0. The van der Waals surface area contributed by atoms with E-state index in [4.69, 9.17) is 0 Å². The minimum Gasteiger partial charge on any atom is -0.312 e. The van der Waals surface area contributed by atoms with Gasteiger partial charge in [0.1, 0.15) is 0 Å². The predicted octanol–water partition coefficient (Wildman–Crippen LogP) is -0.276. The SMILES string of the molecule is Cc1[nH]c(=O)nc2c1CNCC2. The van der Waals surface area contributed by atoms with E-state index in [0.717, 1.165) is 36.5 Å². The summed E-state index contributed by atoms with van der Waals surface area (Å²) in [7, 11) is 0. The molecule has 0 radical (unpaired) electrons. The minimum atomic E-state index is -0.229.